The van der Waals surface area contributed by atoms with Crippen LogP contribution in [0.3, 0.4) is 0 Å². The van der Waals surface area contributed by atoms with Crippen molar-refractivity contribution in [2.45, 2.75) is 32.0 Å². The molecular weight excluding hydrogens is 524 g/mol. The Hall–Kier alpha value is -4.40. The number of rotatable bonds is 8. The third kappa shape index (κ3) is 6.67. The maximum absolute atomic E-state index is 12.0. The van der Waals surface area contributed by atoms with E-state index in [0.717, 1.165) is 35.8 Å². The number of amides is 1. The number of hydrogen-bond donors (Lipinski definition) is 2. The number of ether oxygens (including phenoxy) is 3. The second-order valence-corrected chi connectivity index (χ2v) is 10.0. The van der Waals surface area contributed by atoms with Crippen molar-refractivity contribution in [1.29, 1.82) is 5.26 Å². The summed E-state index contributed by atoms with van der Waals surface area (Å²) in [7, 11) is 1.65. The van der Waals surface area contributed by atoms with Crippen molar-refractivity contribution >= 4 is 23.2 Å². The maximum Gasteiger partial charge on any atom is 0.251 e. The van der Waals surface area contributed by atoms with Crippen LogP contribution >= 0.6 is 0 Å². The fourth-order valence-corrected chi connectivity index (χ4v) is 5.05. The molecule has 0 spiro atoms. The summed E-state index contributed by atoms with van der Waals surface area (Å²) in [6, 6.07) is 15.3. The topological polar surface area (TPSA) is 133 Å². The minimum Gasteiger partial charge on any atom is -0.495 e. The lowest BCUT2D eigenvalue weighted by Crippen LogP contribution is -2.45. The molecular formula is C30H34N6O5. The Morgan fingerprint density at radius 3 is 2.61 bits per heavy atom. The van der Waals surface area contributed by atoms with Gasteiger partial charge < -0.3 is 34.4 Å². The Morgan fingerprint density at radius 2 is 1.90 bits per heavy atom. The molecule has 1 aromatic heterocycles. The van der Waals surface area contributed by atoms with E-state index in [-0.39, 0.29) is 12.0 Å². The Labute approximate surface area is 239 Å². The molecule has 11 heteroatoms. The molecule has 41 heavy (non-hydrogen) atoms. The van der Waals surface area contributed by atoms with E-state index >= 15 is 0 Å². The van der Waals surface area contributed by atoms with Crippen LogP contribution < -0.4 is 19.7 Å². The van der Waals surface area contributed by atoms with Gasteiger partial charge in [-0.05, 0) is 43.3 Å². The number of anilines is 3. The summed E-state index contributed by atoms with van der Waals surface area (Å²) in [6.45, 7) is 5.50. The number of piperidine rings is 1. The van der Waals surface area contributed by atoms with Crippen molar-refractivity contribution in [3.63, 3.8) is 0 Å². The molecule has 0 saturated carbocycles. The summed E-state index contributed by atoms with van der Waals surface area (Å²) in [5.74, 6) is 1.40. The molecule has 5 rings (SSSR count). The number of methoxy groups -OCH3 is 1. The molecule has 3 aromatic rings. The number of nitrogens with zero attached hydrogens (tertiary/aromatic N) is 5. The van der Waals surface area contributed by atoms with Crippen molar-refractivity contribution in [2.24, 2.45) is 0 Å². The van der Waals surface area contributed by atoms with Crippen LogP contribution in [0.5, 0.6) is 11.5 Å². The van der Waals surface area contributed by atoms with Gasteiger partial charge in [0, 0.05) is 62.5 Å². The van der Waals surface area contributed by atoms with Crippen molar-refractivity contribution in [2.75, 3.05) is 56.7 Å². The summed E-state index contributed by atoms with van der Waals surface area (Å²) in [6.07, 6.45) is 1.80. The molecule has 2 saturated heterocycles. The predicted octanol–water partition coefficient (Wildman–Crippen LogP) is 3.35. The van der Waals surface area contributed by atoms with Crippen LogP contribution in [0.15, 0.2) is 48.7 Å². The highest BCUT2D eigenvalue weighted by Crippen LogP contribution is 2.33. The number of nitriles is 1. The third-order valence-corrected chi connectivity index (χ3v) is 7.24. The number of benzene rings is 2. The third-order valence-electron chi connectivity index (χ3n) is 7.24. The molecule has 0 radical (unpaired) electrons. The van der Waals surface area contributed by atoms with E-state index < -0.39 is 6.10 Å². The highest BCUT2D eigenvalue weighted by molar-refractivity contribution is 5.80. The number of aliphatic hydroxyl groups is 1. The van der Waals surface area contributed by atoms with E-state index in [1.54, 1.807) is 36.4 Å². The number of aliphatic hydroxyl groups excluding tert-OH is 1. The number of aromatic nitrogens is 2. The number of carbonyl (C=O) groups is 1. The zero-order valence-electron chi connectivity index (χ0n) is 23.2. The van der Waals surface area contributed by atoms with E-state index in [2.05, 4.69) is 26.3 Å². The number of carbonyl (C=O) groups excluding carboxylic acids is 1. The summed E-state index contributed by atoms with van der Waals surface area (Å²) in [5.41, 5.74) is 3.63. The van der Waals surface area contributed by atoms with Gasteiger partial charge in [0.05, 0.1) is 37.3 Å². The first-order chi connectivity index (χ1) is 19.9. The van der Waals surface area contributed by atoms with Crippen molar-refractivity contribution in [3.8, 4) is 28.8 Å². The van der Waals surface area contributed by atoms with Crippen LogP contribution in [0.25, 0.3) is 11.3 Å². The Kier molecular flexibility index (Phi) is 8.82. The number of likely N-dealkylation sites (tertiary alicyclic amines) is 1. The number of hydrogen-bond acceptors (Lipinski definition) is 10. The number of nitrogens with one attached hydrogen (secondary N) is 1. The molecule has 0 bridgehead atoms. The average Bonchev–Trinajstić information content (AvgIpc) is 3.01. The molecule has 214 valence electrons. The van der Waals surface area contributed by atoms with Crippen LogP contribution in [0.1, 0.15) is 25.3 Å². The SMILES string of the molecule is COc1cc(Nc2nccc(-c3ccc(OC4CCN(C(=O)C(C)O)CC4)c(C#N)c3)n2)ccc1N1CCOCC1. The molecule has 1 unspecified atom stereocenters. The van der Waals surface area contributed by atoms with E-state index in [1.807, 2.05) is 24.3 Å². The Morgan fingerprint density at radius 1 is 1.12 bits per heavy atom. The zero-order chi connectivity index (χ0) is 28.8. The second-order valence-electron chi connectivity index (χ2n) is 10.0. The normalized spacial score (nSPS) is 16.5. The predicted molar refractivity (Wildman–Crippen MR) is 153 cm³/mol. The minimum atomic E-state index is -1.01. The van der Waals surface area contributed by atoms with E-state index in [0.29, 0.717) is 62.1 Å². The minimum absolute atomic E-state index is 0.118. The molecule has 0 aliphatic carbocycles. The van der Waals surface area contributed by atoms with Gasteiger partial charge in [0.1, 0.15) is 29.8 Å². The largest absolute Gasteiger partial charge is 0.495 e. The second kappa shape index (κ2) is 12.8. The highest BCUT2D eigenvalue weighted by atomic mass is 16.5. The lowest BCUT2D eigenvalue weighted by molar-refractivity contribution is -0.141. The summed E-state index contributed by atoms with van der Waals surface area (Å²) in [4.78, 5) is 25.0. The monoisotopic (exact) mass is 558 g/mol. The molecule has 2 fully saturated rings. The van der Waals surface area contributed by atoms with Crippen LogP contribution in [0.4, 0.5) is 17.3 Å². The van der Waals surface area contributed by atoms with Crippen LogP contribution in [0, 0.1) is 11.3 Å². The molecule has 2 N–H and O–H groups in total. The van der Waals surface area contributed by atoms with Gasteiger partial charge in [0.2, 0.25) is 5.95 Å². The first-order valence-electron chi connectivity index (χ1n) is 13.7. The molecule has 1 amide bonds. The number of morpholine rings is 1. The standard InChI is InChI=1S/C30H34N6O5/c1-20(37)29(38)36-11-8-24(9-12-36)41-27-6-3-21(17-22(27)19-31)25-7-10-32-30(34-25)33-23-4-5-26(28(18-23)39-2)35-13-15-40-16-14-35/h3-7,10,17-18,20,24,37H,8-9,11-16H2,1-2H3,(H,32,33,34). The van der Waals surface area contributed by atoms with E-state index in [1.165, 1.54) is 6.92 Å². The first kappa shape index (κ1) is 28.1. The lowest BCUT2D eigenvalue weighted by atomic mass is 10.1. The van der Waals surface area contributed by atoms with Crippen LogP contribution in [0.2, 0.25) is 0 Å². The fourth-order valence-electron chi connectivity index (χ4n) is 5.05. The van der Waals surface area contributed by atoms with E-state index in [4.69, 9.17) is 14.2 Å². The van der Waals surface area contributed by atoms with Gasteiger partial charge in [-0.15, -0.1) is 0 Å². The molecule has 2 aromatic carbocycles. The highest BCUT2D eigenvalue weighted by Gasteiger charge is 2.26. The average molecular weight is 559 g/mol. The van der Waals surface area contributed by atoms with Gasteiger partial charge in [-0.2, -0.15) is 5.26 Å². The molecule has 3 heterocycles. The van der Waals surface area contributed by atoms with Crippen LogP contribution in [-0.2, 0) is 9.53 Å². The maximum atomic E-state index is 12.0. The van der Waals surface area contributed by atoms with Crippen molar-refractivity contribution < 1.29 is 24.1 Å². The fraction of sp³-hybridized carbons (Fsp3) is 0.400. The van der Waals surface area contributed by atoms with Gasteiger partial charge >= 0.3 is 0 Å². The Bertz CT molecular complexity index is 1410. The molecule has 2 aliphatic rings. The smallest absolute Gasteiger partial charge is 0.251 e. The first-order valence-corrected chi connectivity index (χ1v) is 13.7. The van der Waals surface area contributed by atoms with Gasteiger partial charge in [0.15, 0.2) is 0 Å². The van der Waals surface area contributed by atoms with Crippen molar-refractivity contribution in [1.82, 2.24) is 14.9 Å². The van der Waals surface area contributed by atoms with Gasteiger partial charge in [0.25, 0.3) is 5.91 Å². The van der Waals surface area contributed by atoms with Gasteiger partial charge in [-0.25, -0.2) is 9.97 Å². The molecule has 11 nitrogen and oxygen atoms in total. The van der Waals surface area contributed by atoms with Crippen molar-refractivity contribution in [3.05, 3.63) is 54.2 Å². The van der Waals surface area contributed by atoms with Gasteiger partial charge in [-0.1, -0.05) is 0 Å². The van der Waals surface area contributed by atoms with E-state index in [9.17, 15) is 15.2 Å². The molecule has 2 aliphatic heterocycles. The van der Waals surface area contributed by atoms with Crippen LogP contribution in [-0.4, -0.2) is 84.6 Å². The molecule has 1 atom stereocenters. The zero-order valence-corrected chi connectivity index (χ0v) is 23.2. The lowest BCUT2D eigenvalue weighted by Gasteiger charge is -2.33. The summed E-state index contributed by atoms with van der Waals surface area (Å²) < 4.78 is 17.3. The quantitative estimate of drug-likeness (QED) is 0.424. The Balaban J connectivity index is 1.27. The van der Waals surface area contributed by atoms with Gasteiger partial charge in [-0.3, -0.25) is 4.79 Å². The summed E-state index contributed by atoms with van der Waals surface area (Å²) in [5, 5.41) is 22.6. The summed E-state index contributed by atoms with van der Waals surface area (Å²) >= 11 is 0.